The fraction of sp³-hybridized carbons (Fsp3) is 0.0857. The van der Waals surface area contributed by atoms with E-state index in [9.17, 15) is 0 Å². The highest BCUT2D eigenvalue weighted by molar-refractivity contribution is 6.18. The maximum absolute atomic E-state index is 5.29. The molecule has 0 saturated carbocycles. The Labute approximate surface area is 226 Å². The highest BCUT2D eigenvalue weighted by Gasteiger charge is 2.31. The van der Waals surface area contributed by atoms with E-state index < -0.39 is 0 Å². The van der Waals surface area contributed by atoms with Crippen LogP contribution in [0.1, 0.15) is 25.1 Å². The molecule has 7 aromatic rings. The van der Waals surface area contributed by atoms with Crippen molar-refractivity contribution in [3.8, 4) is 22.9 Å². The first kappa shape index (κ1) is 22.1. The summed E-state index contributed by atoms with van der Waals surface area (Å²) in [6.45, 7) is 4.45. The van der Waals surface area contributed by atoms with Crippen molar-refractivity contribution < 1.29 is 0 Å². The molecule has 8 rings (SSSR count). The number of hydrogen-bond donors (Lipinski definition) is 0. The summed E-state index contributed by atoms with van der Waals surface area (Å²) in [4.78, 5) is 10.6. The van der Waals surface area contributed by atoms with Gasteiger partial charge in [-0.25, -0.2) is 9.97 Å². The predicted molar refractivity (Wildman–Crippen MR) is 161 cm³/mol. The highest BCUT2D eigenvalue weighted by atomic mass is 15.2. The van der Waals surface area contributed by atoms with Crippen LogP contribution in [0, 0.1) is 0 Å². The molecule has 0 radical (unpaired) electrons. The molecule has 0 N–H and O–H groups in total. The highest BCUT2D eigenvalue weighted by Crippen LogP contribution is 2.41. The maximum atomic E-state index is 5.29. The van der Waals surface area contributed by atoms with Crippen LogP contribution >= 0.6 is 0 Å². The second-order valence-corrected chi connectivity index (χ2v) is 10.8. The van der Waals surface area contributed by atoms with Crippen LogP contribution in [0.2, 0.25) is 0 Å². The molecule has 0 fully saturated rings. The predicted octanol–water partition coefficient (Wildman–Crippen LogP) is 8.49. The van der Waals surface area contributed by atoms with Gasteiger partial charge in [0.25, 0.3) is 0 Å². The van der Waals surface area contributed by atoms with E-state index in [0.29, 0.717) is 5.95 Å². The first-order chi connectivity index (χ1) is 19.1. The van der Waals surface area contributed by atoms with Gasteiger partial charge in [-0.15, -0.1) is 0 Å². The van der Waals surface area contributed by atoms with Gasteiger partial charge in [-0.05, 0) is 30.3 Å². The second-order valence-electron chi connectivity index (χ2n) is 10.8. The molecule has 4 nitrogen and oxygen atoms in total. The lowest BCUT2D eigenvalue weighted by Crippen LogP contribution is -2.16. The third-order valence-electron chi connectivity index (χ3n) is 8.00. The summed E-state index contributed by atoms with van der Waals surface area (Å²) in [7, 11) is 0. The fourth-order valence-corrected chi connectivity index (χ4v) is 6.09. The van der Waals surface area contributed by atoms with Crippen LogP contribution < -0.4 is 0 Å². The molecule has 1 aliphatic rings. The van der Waals surface area contributed by atoms with Crippen LogP contribution in [0.4, 0.5) is 0 Å². The molecule has 3 heterocycles. The monoisotopic (exact) mass is 502 g/mol. The third-order valence-corrected chi connectivity index (χ3v) is 8.00. The van der Waals surface area contributed by atoms with Crippen LogP contribution in [0.15, 0.2) is 115 Å². The van der Waals surface area contributed by atoms with Crippen molar-refractivity contribution in [2.45, 2.75) is 19.3 Å². The molecule has 0 bridgehead atoms. The first-order valence-electron chi connectivity index (χ1n) is 13.4. The van der Waals surface area contributed by atoms with Crippen molar-refractivity contribution in [2.24, 2.45) is 0 Å². The van der Waals surface area contributed by atoms with E-state index in [1.54, 1.807) is 0 Å². The zero-order valence-electron chi connectivity index (χ0n) is 21.8. The number of allylic oxidation sites excluding steroid dienone is 1. The summed E-state index contributed by atoms with van der Waals surface area (Å²) in [6, 6.07) is 36.2. The first-order valence-corrected chi connectivity index (χ1v) is 13.4. The van der Waals surface area contributed by atoms with Gasteiger partial charge in [-0.3, -0.25) is 4.57 Å². The van der Waals surface area contributed by atoms with Gasteiger partial charge in [0.2, 0.25) is 5.95 Å². The van der Waals surface area contributed by atoms with E-state index in [1.165, 1.54) is 16.2 Å². The lowest BCUT2D eigenvalue weighted by Gasteiger charge is -2.20. The summed E-state index contributed by atoms with van der Waals surface area (Å²) in [5.41, 5.74) is 8.59. The molecule has 0 atom stereocenters. The molecule has 0 unspecified atom stereocenters. The largest absolute Gasteiger partial charge is 0.316 e. The Morgan fingerprint density at radius 2 is 1.38 bits per heavy atom. The third kappa shape index (κ3) is 3.18. The van der Waals surface area contributed by atoms with Crippen molar-refractivity contribution in [1.82, 2.24) is 19.1 Å². The average Bonchev–Trinajstić information content (AvgIpc) is 3.65. The number of benzene rings is 4. The second kappa shape index (κ2) is 8.02. The molecule has 4 heteroatoms. The molecule has 1 aliphatic carbocycles. The number of rotatable bonds is 3. The molecule has 0 spiro atoms. The van der Waals surface area contributed by atoms with Gasteiger partial charge in [-0.1, -0.05) is 98.8 Å². The normalized spacial score (nSPS) is 14.0. The number of nitrogens with zero attached hydrogens (tertiary/aromatic N) is 4. The smallest absolute Gasteiger partial charge is 0.235 e. The van der Waals surface area contributed by atoms with Gasteiger partial charge in [0, 0.05) is 44.6 Å². The molecule has 0 aliphatic heterocycles. The summed E-state index contributed by atoms with van der Waals surface area (Å²) >= 11 is 0. The van der Waals surface area contributed by atoms with E-state index in [1.807, 2.05) is 6.07 Å². The summed E-state index contributed by atoms with van der Waals surface area (Å²) in [5, 5.41) is 3.58. The zero-order valence-corrected chi connectivity index (χ0v) is 21.8. The van der Waals surface area contributed by atoms with Gasteiger partial charge in [0.05, 0.1) is 27.9 Å². The van der Waals surface area contributed by atoms with Crippen molar-refractivity contribution in [3.05, 3.63) is 127 Å². The minimum atomic E-state index is -0.179. The Bertz CT molecular complexity index is 2080. The van der Waals surface area contributed by atoms with E-state index in [4.69, 9.17) is 9.97 Å². The van der Waals surface area contributed by atoms with Gasteiger partial charge < -0.3 is 4.57 Å². The van der Waals surface area contributed by atoms with Gasteiger partial charge in [0.15, 0.2) is 0 Å². The summed E-state index contributed by atoms with van der Waals surface area (Å²) in [5.74, 6) is 0.704. The van der Waals surface area contributed by atoms with Crippen molar-refractivity contribution in [2.75, 3.05) is 0 Å². The topological polar surface area (TPSA) is 35.6 Å². The van der Waals surface area contributed by atoms with Gasteiger partial charge >= 0.3 is 0 Å². The average molecular weight is 503 g/mol. The molecular formula is C35H26N4. The molecule has 39 heavy (non-hydrogen) atoms. The number of aromatic nitrogens is 4. The minimum absolute atomic E-state index is 0.179. The van der Waals surface area contributed by atoms with Crippen molar-refractivity contribution in [1.29, 1.82) is 0 Å². The van der Waals surface area contributed by atoms with E-state index in [-0.39, 0.29) is 5.41 Å². The van der Waals surface area contributed by atoms with E-state index in [2.05, 4.69) is 138 Å². The molecule has 0 amide bonds. The number of fused-ring (bicyclic) bond motifs is 6. The molecular weight excluding hydrogens is 476 g/mol. The maximum Gasteiger partial charge on any atom is 0.235 e. The fourth-order valence-electron chi connectivity index (χ4n) is 6.09. The Morgan fingerprint density at radius 1 is 0.641 bits per heavy atom. The standard InChI is InChI=1S/C35H26N4/c1-35(2)21-19-28-31(23-11-5-3-6-12-23)36-34(37-33(28)35)39-30-16-10-9-15-25(30)26-17-18-29-27(32(26)39)20-22-38(29)24-13-7-4-8-14-24/h3-22H,1-2H3. The van der Waals surface area contributed by atoms with Crippen molar-refractivity contribution >= 4 is 38.8 Å². The lowest BCUT2D eigenvalue weighted by atomic mass is 9.91. The SMILES string of the molecule is CC1(C)C=Cc2c(-c3ccccc3)nc(-n3c4ccccc4c4ccc5c(ccn5-c5ccccc5)c43)nc21. The Kier molecular flexibility index (Phi) is 4.54. The van der Waals surface area contributed by atoms with E-state index >= 15 is 0 Å². The molecule has 4 aromatic carbocycles. The Hall–Kier alpha value is -4.96. The molecule has 3 aromatic heterocycles. The van der Waals surface area contributed by atoms with Crippen LogP contribution in [-0.4, -0.2) is 19.1 Å². The van der Waals surface area contributed by atoms with Gasteiger partial charge in [0.1, 0.15) is 0 Å². The van der Waals surface area contributed by atoms with Crippen LogP contribution in [0.5, 0.6) is 0 Å². The van der Waals surface area contributed by atoms with Crippen LogP contribution in [0.3, 0.4) is 0 Å². The Morgan fingerprint density at radius 3 is 2.21 bits per heavy atom. The quantitative estimate of drug-likeness (QED) is 0.243. The summed E-state index contributed by atoms with van der Waals surface area (Å²) in [6.07, 6.45) is 6.59. The van der Waals surface area contributed by atoms with Gasteiger partial charge in [-0.2, -0.15) is 0 Å². The number of hydrogen-bond acceptors (Lipinski definition) is 2. The lowest BCUT2D eigenvalue weighted by molar-refractivity contribution is 0.651. The molecule has 0 saturated heterocycles. The van der Waals surface area contributed by atoms with Crippen LogP contribution in [-0.2, 0) is 5.41 Å². The molecule has 186 valence electrons. The Balaban J connectivity index is 1.50. The van der Waals surface area contributed by atoms with Crippen LogP contribution in [0.25, 0.3) is 61.7 Å². The minimum Gasteiger partial charge on any atom is -0.316 e. The van der Waals surface area contributed by atoms with E-state index in [0.717, 1.165) is 44.8 Å². The number of para-hydroxylation sites is 2. The zero-order chi connectivity index (χ0) is 26.1. The summed E-state index contributed by atoms with van der Waals surface area (Å²) < 4.78 is 4.52. The van der Waals surface area contributed by atoms with Crippen molar-refractivity contribution in [3.63, 3.8) is 0 Å².